The number of halogens is 1. The van der Waals surface area contributed by atoms with Gasteiger partial charge in [-0.15, -0.1) is 0 Å². The summed E-state index contributed by atoms with van der Waals surface area (Å²) in [6.45, 7) is 9.05. The second-order valence-electron chi connectivity index (χ2n) is 4.83. The molecule has 0 spiro atoms. The van der Waals surface area contributed by atoms with Gasteiger partial charge in [-0.3, -0.25) is 15.1 Å². The number of likely N-dealkylation sites (N-methyl/N-ethyl adjacent to an activating group) is 1. The number of carbonyl (C=O) groups is 1. The average Bonchev–Trinajstić information content (AvgIpc) is 2.43. The fourth-order valence-electron chi connectivity index (χ4n) is 2.02. The third-order valence-corrected chi connectivity index (χ3v) is 3.58. The first-order chi connectivity index (χ1) is 9.43. The molecule has 3 N–H and O–H groups in total. The Bertz CT molecular complexity index is 451. The molecule has 0 fully saturated rings. The Morgan fingerprint density at radius 3 is 2.60 bits per heavy atom. The zero-order valence-electron chi connectivity index (χ0n) is 12.3. The quantitative estimate of drug-likeness (QED) is 0.741. The molecule has 0 aliphatic heterocycles. The van der Waals surface area contributed by atoms with Crippen LogP contribution in [0.1, 0.15) is 26.3 Å². The lowest BCUT2D eigenvalue weighted by molar-refractivity contribution is -0.124. The number of pyridine rings is 1. The van der Waals surface area contributed by atoms with E-state index in [-0.39, 0.29) is 0 Å². The number of hydrogen-bond donors (Lipinski definition) is 2. The van der Waals surface area contributed by atoms with Crippen LogP contribution in [0, 0.1) is 5.82 Å². The van der Waals surface area contributed by atoms with Crippen LogP contribution in [0.5, 0.6) is 0 Å². The van der Waals surface area contributed by atoms with Crippen molar-refractivity contribution in [2.75, 3.05) is 26.2 Å². The van der Waals surface area contributed by atoms with E-state index in [1.807, 2.05) is 0 Å². The van der Waals surface area contributed by atoms with Crippen molar-refractivity contribution in [2.45, 2.75) is 26.3 Å². The number of primary amides is 1. The van der Waals surface area contributed by atoms with Crippen molar-refractivity contribution in [1.29, 1.82) is 0 Å². The molecule has 1 atom stereocenters. The fourth-order valence-corrected chi connectivity index (χ4v) is 2.02. The molecule has 1 unspecified atom stereocenters. The molecule has 0 bridgehead atoms. The Labute approximate surface area is 119 Å². The molecule has 6 heteroatoms. The fraction of sp³-hybridized carbons (Fsp3) is 0.571. The van der Waals surface area contributed by atoms with E-state index in [4.69, 9.17) is 5.73 Å². The average molecular weight is 282 g/mol. The minimum atomic E-state index is -1.12. The Hall–Kier alpha value is -1.53. The Kier molecular flexibility index (Phi) is 6.04. The summed E-state index contributed by atoms with van der Waals surface area (Å²) in [6.07, 6.45) is 2.55. The van der Waals surface area contributed by atoms with Crippen LogP contribution in [0.2, 0.25) is 0 Å². The molecule has 0 aliphatic carbocycles. The van der Waals surface area contributed by atoms with Gasteiger partial charge in [-0.25, -0.2) is 4.39 Å². The Balaban J connectivity index is 2.80. The van der Waals surface area contributed by atoms with Gasteiger partial charge in [0.15, 0.2) is 0 Å². The largest absolute Gasteiger partial charge is 0.368 e. The van der Waals surface area contributed by atoms with Crippen LogP contribution in [0.15, 0.2) is 18.5 Å². The van der Waals surface area contributed by atoms with Crippen LogP contribution in [0.25, 0.3) is 0 Å². The molecule has 1 amide bonds. The van der Waals surface area contributed by atoms with Crippen LogP contribution in [0.4, 0.5) is 4.39 Å². The number of aromatic nitrogens is 1. The van der Waals surface area contributed by atoms with Gasteiger partial charge >= 0.3 is 0 Å². The number of hydrogen-bond acceptors (Lipinski definition) is 4. The summed E-state index contributed by atoms with van der Waals surface area (Å²) in [5.74, 6) is -1.04. The molecule has 0 saturated carbocycles. The van der Waals surface area contributed by atoms with Crippen molar-refractivity contribution < 1.29 is 9.18 Å². The third-order valence-electron chi connectivity index (χ3n) is 3.58. The summed E-state index contributed by atoms with van der Waals surface area (Å²) in [7, 11) is 0. The van der Waals surface area contributed by atoms with Crippen LogP contribution in [-0.4, -0.2) is 42.0 Å². The molecule has 1 aromatic heterocycles. The molecular formula is C14H23FN4O. The number of nitrogens with one attached hydrogen (secondary N) is 1. The molecule has 1 aromatic rings. The standard InChI is InChI=1S/C14H23FN4O/c1-4-19(5-2)7-6-18-14(3,13(16)20)11-8-12(15)10-17-9-11/h8-10,18H,4-7H2,1-3H3,(H2,16,20). The van der Waals surface area contributed by atoms with Gasteiger partial charge in [-0.1, -0.05) is 13.8 Å². The summed E-state index contributed by atoms with van der Waals surface area (Å²) in [6, 6.07) is 1.28. The van der Waals surface area contributed by atoms with Gasteiger partial charge in [0, 0.05) is 24.8 Å². The summed E-state index contributed by atoms with van der Waals surface area (Å²) < 4.78 is 13.3. The van der Waals surface area contributed by atoms with Crippen LogP contribution in [0.3, 0.4) is 0 Å². The van der Waals surface area contributed by atoms with Gasteiger partial charge in [-0.2, -0.15) is 0 Å². The molecule has 20 heavy (non-hydrogen) atoms. The monoisotopic (exact) mass is 282 g/mol. The van der Waals surface area contributed by atoms with E-state index in [9.17, 15) is 9.18 Å². The highest BCUT2D eigenvalue weighted by Gasteiger charge is 2.33. The van der Waals surface area contributed by atoms with Gasteiger partial charge in [-0.05, 0) is 26.1 Å². The molecule has 1 rings (SSSR count). The number of rotatable bonds is 8. The number of nitrogens with two attached hydrogens (primary N) is 1. The van der Waals surface area contributed by atoms with Gasteiger partial charge in [0.25, 0.3) is 0 Å². The van der Waals surface area contributed by atoms with Crippen LogP contribution >= 0.6 is 0 Å². The van der Waals surface area contributed by atoms with E-state index in [0.717, 1.165) is 25.8 Å². The van der Waals surface area contributed by atoms with E-state index in [1.165, 1.54) is 12.3 Å². The highest BCUT2D eigenvalue weighted by molar-refractivity contribution is 5.85. The van der Waals surface area contributed by atoms with Crippen molar-refractivity contribution in [1.82, 2.24) is 15.2 Å². The maximum absolute atomic E-state index is 13.3. The topological polar surface area (TPSA) is 71.2 Å². The van der Waals surface area contributed by atoms with Crippen molar-refractivity contribution in [2.24, 2.45) is 5.73 Å². The molecule has 5 nitrogen and oxygen atoms in total. The second kappa shape index (κ2) is 7.31. The maximum atomic E-state index is 13.3. The van der Waals surface area contributed by atoms with Gasteiger partial charge in [0.2, 0.25) is 5.91 Å². The first kappa shape index (κ1) is 16.5. The van der Waals surface area contributed by atoms with E-state index in [0.29, 0.717) is 12.1 Å². The third kappa shape index (κ3) is 3.98. The molecule has 0 radical (unpaired) electrons. The number of nitrogens with zero attached hydrogens (tertiary/aromatic N) is 2. The van der Waals surface area contributed by atoms with Gasteiger partial charge < -0.3 is 10.6 Å². The van der Waals surface area contributed by atoms with E-state index >= 15 is 0 Å². The molecule has 112 valence electrons. The highest BCUT2D eigenvalue weighted by Crippen LogP contribution is 2.20. The molecule has 0 aliphatic rings. The zero-order valence-corrected chi connectivity index (χ0v) is 12.3. The molecular weight excluding hydrogens is 259 g/mol. The lowest BCUT2D eigenvalue weighted by Crippen LogP contribution is -2.52. The number of amides is 1. The van der Waals surface area contributed by atoms with Crippen LogP contribution < -0.4 is 11.1 Å². The van der Waals surface area contributed by atoms with Crippen LogP contribution in [-0.2, 0) is 10.3 Å². The van der Waals surface area contributed by atoms with Gasteiger partial charge in [0.1, 0.15) is 11.4 Å². The smallest absolute Gasteiger partial charge is 0.242 e. The summed E-state index contributed by atoms with van der Waals surface area (Å²) >= 11 is 0. The second-order valence-corrected chi connectivity index (χ2v) is 4.83. The predicted molar refractivity (Wildman–Crippen MR) is 76.5 cm³/mol. The van der Waals surface area contributed by atoms with E-state index < -0.39 is 17.3 Å². The first-order valence-corrected chi connectivity index (χ1v) is 6.82. The molecule has 0 saturated heterocycles. The van der Waals surface area contributed by atoms with Crippen molar-refractivity contribution in [3.63, 3.8) is 0 Å². The van der Waals surface area contributed by atoms with E-state index in [1.54, 1.807) is 6.92 Å². The lowest BCUT2D eigenvalue weighted by Gasteiger charge is -2.29. The highest BCUT2D eigenvalue weighted by atomic mass is 19.1. The summed E-state index contributed by atoms with van der Waals surface area (Å²) in [5, 5.41) is 3.12. The summed E-state index contributed by atoms with van der Waals surface area (Å²) in [5.41, 5.74) is 4.78. The lowest BCUT2D eigenvalue weighted by atomic mass is 9.92. The van der Waals surface area contributed by atoms with E-state index in [2.05, 4.69) is 29.0 Å². The SMILES string of the molecule is CCN(CC)CCNC(C)(C(N)=O)c1cncc(F)c1. The normalized spacial score (nSPS) is 14.2. The van der Waals surface area contributed by atoms with Gasteiger partial charge in [0.05, 0.1) is 6.20 Å². The Morgan fingerprint density at radius 2 is 2.10 bits per heavy atom. The molecule has 1 heterocycles. The van der Waals surface area contributed by atoms with Crippen molar-refractivity contribution >= 4 is 5.91 Å². The predicted octanol–water partition coefficient (Wildman–Crippen LogP) is 0.853. The van der Waals surface area contributed by atoms with Crippen molar-refractivity contribution in [3.8, 4) is 0 Å². The Morgan fingerprint density at radius 1 is 1.45 bits per heavy atom. The first-order valence-electron chi connectivity index (χ1n) is 6.82. The molecule has 0 aromatic carbocycles. The minimum Gasteiger partial charge on any atom is -0.368 e. The summed E-state index contributed by atoms with van der Waals surface area (Å²) in [4.78, 5) is 17.7. The number of carbonyl (C=O) groups excluding carboxylic acids is 1. The van der Waals surface area contributed by atoms with Crippen molar-refractivity contribution in [3.05, 3.63) is 29.8 Å². The maximum Gasteiger partial charge on any atom is 0.242 e. The zero-order chi connectivity index (χ0) is 15.2. The minimum absolute atomic E-state index is 0.435.